The van der Waals surface area contributed by atoms with E-state index >= 15 is 0 Å². The van der Waals surface area contributed by atoms with Gasteiger partial charge in [0.05, 0.1) is 19.3 Å². The number of hydrogen-bond acceptors (Lipinski definition) is 3. The molecule has 1 heterocycles. The molecule has 0 spiro atoms. The van der Waals surface area contributed by atoms with Crippen molar-refractivity contribution in [3.8, 4) is 0 Å². The molecule has 74 valence electrons. The van der Waals surface area contributed by atoms with Crippen LogP contribution in [0.1, 0.15) is 13.3 Å². The number of ether oxygens (including phenoxy) is 1. The minimum absolute atomic E-state index is 0.104. The Morgan fingerprint density at radius 2 is 2.62 bits per heavy atom. The van der Waals surface area contributed by atoms with Crippen molar-refractivity contribution in [1.82, 2.24) is 5.32 Å². The zero-order valence-electron chi connectivity index (χ0n) is 7.88. The number of nitrogens with one attached hydrogen (secondary N) is 1. The molecule has 1 rings (SSSR count). The largest absolute Gasteiger partial charge is 0.377 e. The van der Waals surface area contributed by atoms with Gasteiger partial charge < -0.3 is 15.8 Å². The van der Waals surface area contributed by atoms with Gasteiger partial charge in [0, 0.05) is 6.54 Å². The number of carbonyl (C=O) groups excluding carboxylic acids is 1. The average molecular weight is 184 g/mol. The second kappa shape index (κ2) is 4.99. The van der Waals surface area contributed by atoms with Crippen LogP contribution in [-0.2, 0) is 9.53 Å². The maximum atomic E-state index is 11.1. The Morgan fingerprint density at radius 1 is 1.85 bits per heavy atom. The molecule has 0 fully saturated rings. The Bertz CT molecular complexity index is 212. The monoisotopic (exact) mass is 184 g/mol. The fraction of sp³-hybridized carbons (Fsp3) is 0.667. The lowest BCUT2D eigenvalue weighted by atomic mass is 10.1. The van der Waals surface area contributed by atoms with Crippen LogP contribution in [-0.4, -0.2) is 31.7 Å². The molecule has 1 unspecified atom stereocenters. The quantitative estimate of drug-likeness (QED) is 0.597. The van der Waals surface area contributed by atoms with Crippen molar-refractivity contribution in [3.05, 3.63) is 11.6 Å². The van der Waals surface area contributed by atoms with E-state index in [2.05, 4.69) is 5.32 Å². The summed E-state index contributed by atoms with van der Waals surface area (Å²) in [5, 5.41) is 2.76. The average Bonchev–Trinajstić information content (AvgIpc) is 2.15. The van der Waals surface area contributed by atoms with Crippen molar-refractivity contribution >= 4 is 5.91 Å². The van der Waals surface area contributed by atoms with Crippen molar-refractivity contribution in [1.29, 1.82) is 0 Å². The molecule has 0 aromatic rings. The molecular weight excluding hydrogens is 168 g/mol. The fourth-order valence-corrected chi connectivity index (χ4v) is 1.09. The van der Waals surface area contributed by atoms with Crippen LogP contribution >= 0.6 is 0 Å². The molecule has 1 amide bonds. The third kappa shape index (κ3) is 3.57. The van der Waals surface area contributed by atoms with Crippen LogP contribution in [0.2, 0.25) is 0 Å². The highest BCUT2D eigenvalue weighted by molar-refractivity contribution is 5.81. The van der Waals surface area contributed by atoms with E-state index in [-0.39, 0.29) is 5.91 Å². The molecular formula is C9H16N2O2. The van der Waals surface area contributed by atoms with Crippen LogP contribution in [0.15, 0.2) is 11.6 Å². The van der Waals surface area contributed by atoms with Gasteiger partial charge >= 0.3 is 0 Å². The van der Waals surface area contributed by atoms with E-state index in [1.807, 2.05) is 6.08 Å². The number of amides is 1. The standard InChI is InChI=1S/C9H16N2O2/c1-7(10)9(12)11-6-8-2-4-13-5-3-8/h2,7H,3-6,10H2,1H3,(H,11,12). The van der Waals surface area contributed by atoms with Crippen molar-refractivity contribution < 1.29 is 9.53 Å². The molecule has 1 atom stereocenters. The van der Waals surface area contributed by atoms with Crippen molar-refractivity contribution in [2.75, 3.05) is 19.8 Å². The normalized spacial score (nSPS) is 19.1. The molecule has 0 aromatic heterocycles. The zero-order chi connectivity index (χ0) is 9.68. The summed E-state index contributed by atoms with van der Waals surface area (Å²) >= 11 is 0. The highest BCUT2D eigenvalue weighted by atomic mass is 16.5. The predicted molar refractivity (Wildman–Crippen MR) is 50.2 cm³/mol. The van der Waals surface area contributed by atoms with E-state index in [1.54, 1.807) is 6.92 Å². The van der Waals surface area contributed by atoms with Crippen LogP contribution in [0.3, 0.4) is 0 Å². The zero-order valence-corrected chi connectivity index (χ0v) is 7.88. The van der Waals surface area contributed by atoms with Crippen LogP contribution in [0.25, 0.3) is 0 Å². The smallest absolute Gasteiger partial charge is 0.236 e. The summed E-state index contributed by atoms with van der Waals surface area (Å²) < 4.78 is 5.14. The van der Waals surface area contributed by atoms with E-state index in [0.29, 0.717) is 13.2 Å². The second-order valence-electron chi connectivity index (χ2n) is 3.19. The van der Waals surface area contributed by atoms with E-state index < -0.39 is 6.04 Å². The molecule has 13 heavy (non-hydrogen) atoms. The van der Waals surface area contributed by atoms with E-state index in [4.69, 9.17) is 10.5 Å². The van der Waals surface area contributed by atoms with Gasteiger partial charge in [-0.1, -0.05) is 11.6 Å². The first-order valence-corrected chi connectivity index (χ1v) is 4.49. The minimum atomic E-state index is -0.430. The summed E-state index contributed by atoms with van der Waals surface area (Å²) in [6.45, 7) is 3.68. The molecule has 0 aliphatic carbocycles. The van der Waals surface area contributed by atoms with Crippen LogP contribution in [0.4, 0.5) is 0 Å². The van der Waals surface area contributed by atoms with Gasteiger partial charge in [-0.05, 0) is 13.3 Å². The first kappa shape index (κ1) is 10.2. The number of rotatable bonds is 3. The number of hydrogen-bond donors (Lipinski definition) is 2. The fourth-order valence-electron chi connectivity index (χ4n) is 1.09. The highest BCUT2D eigenvalue weighted by Crippen LogP contribution is 2.05. The summed E-state index contributed by atoms with van der Waals surface area (Å²) in [6, 6.07) is -0.430. The summed E-state index contributed by atoms with van der Waals surface area (Å²) in [4.78, 5) is 11.1. The van der Waals surface area contributed by atoms with Crippen molar-refractivity contribution in [2.24, 2.45) is 5.73 Å². The Hall–Kier alpha value is -0.870. The van der Waals surface area contributed by atoms with Gasteiger partial charge in [0.1, 0.15) is 0 Å². The summed E-state index contributed by atoms with van der Waals surface area (Å²) in [7, 11) is 0. The van der Waals surface area contributed by atoms with Gasteiger partial charge in [-0.3, -0.25) is 4.79 Å². The molecule has 0 saturated heterocycles. The van der Waals surface area contributed by atoms with E-state index in [9.17, 15) is 4.79 Å². The molecule has 4 heteroatoms. The Morgan fingerprint density at radius 3 is 3.15 bits per heavy atom. The Balaban J connectivity index is 2.25. The van der Waals surface area contributed by atoms with Crippen LogP contribution < -0.4 is 11.1 Å². The van der Waals surface area contributed by atoms with Gasteiger partial charge in [-0.25, -0.2) is 0 Å². The summed E-state index contributed by atoms with van der Waals surface area (Å²) in [6.07, 6.45) is 2.91. The molecule has 1 aliphatic rings. The molecule has 0 saturated carbocycles. The van der Waals surface area contributed by atoms with E-state index in [0.717, 1.165) is 13.0 Å². The predicted octanol–water partition coefficient (Wildman–Crippen LogP) is -0.203. The topological polar surface area (TPSA) is 64.4 Å². The molecule has 3 N–H and O–H groups in total. The first-order chi connectivity index (χ1) is 6.20. The third-order valence-corrected chi connectivity index (χ3v) is 1.96. The lowest BCUT2D eigenvalue weighted by Crippen LogP contribution is -2.39. The molecule has 0 radical (unpaired) electrons. The number of carbonyl (C=O) groups is 1. The maximum Gasteiger partial charge on any atom is 0.236 e. The number of nitrogens with two attached hydrogens (primary N) is 1. The Labute approximate surface area is 78.1 Å². The lowest BCUT2D eigenvalue weighted by molar-refractivity contribution is -0.121. The maximum absolute atomic E-state index is 11.1. The van der Waals surface area contributed by atoms with Gasteiger partial charge in [0.15, 0.2) is 0 Å². The van der Waals surface area contributed by atoms with Gasteiger partial charge in [0.2, 0.25) is 5.91 Å². The van der Waals surface area contributed by atoms with Crippen LogP contribution in [0.5, 0.6) is 0 Å². The first-order valence-electron chi connectivity index (χ1n) is 4.49. The second-order valence-corrected chi connectivity index (χ2v) is 3.19. The summed E-state index contributed by atoms with van der Waals surface area (Å²) in [5.41, 5.74) is 6.62. The lowest BCUT2D eigenvalue weighted by Gasteiger charge is -2.14. The summed E-state index contributed by atoms with van der Waals surface area (Å²) in [5.74, 6) is -0.104. The third-order valence-electron chi connectivity index (χ3n) is 1.96. The Kier molecular flexibility index (Phi) is 3.92. The van der Waals surface area contributed by atoms with Crippen molar-refractivity contribution in [3.63, 3.8) is 0 Å². The van der Waals surface area contributed by atoms with Gasteiger partial charge in [-0.15, -0.1) is 0 Å². The van der Waals surface area contributed by atoms with E-state index in [1.165, 1.54) is 5.57 Å². The highest BCUT2D eigenvalue weighted by Gasteiger charge is 2.08. The minimum Gasteiger partial charge on any atom is -0.377 e. The molecule has 1 aliphatic heterocycles. The SMILES string of the molecule is CC(N)C(=O)NCC1=CCOCC1. The van der Waals surface area contributed by atoms with Gasteiger partial charge in [0.25, 0.3) is 0 Å². The molecule has 0 bridgehead atoms. The van der Waals surface area contributed by atoms with Crippen LogP contribution in [0, 0.1) is 0 Å². The van der Waals surface area contributed by atoms with Crippen molar-refractivity contribution in [2.45, 2.75) is 19.4 Å². The van der Waals surface area contributed by atoms with Gasteiger partial charge in [-0.2, -0.15) is 0 Å². The molecule has 4 nitrogen and oxygen atoms in total. The molecule has 0 aromatic carbocycles.